The molecule has 1 aromatic heterocycles. The summed E-state index contributed by atoms with van der Waals surface area (Å²) < 4.78 is 0. The van der Waals surface area contributed by atoms with Crippen LogP contribution in [-0.2, 0) is 4.79 Å². The Balaban J connectivity index is 3.10. The maximum Gasteiger partial charge on any atom is 0.323 e. The molecule has 19 heavy (non-hydrogen) atoms. The third-order valence-electron chi connectivity index (χ3n) is 2.92. The summed E-state index contributed by atoms with van der Waals surface area (Å²) in [5, 5.41) is 8.83. The zero-order valence-corrected chi connectivity index (χ0v) is 12.4. The van der Waals surface area contributed by atoms with Gasteiger partial charge in [0.15, 0.2) is 0 Å². The first-order valence-electron chi connectivity index (χ1n) is 6.13. The van der Waals surface area contributed by atoms with E-state index in [0.29, 0.717) is 11.6 Å². The van der Waals surface area contributed by atoms with Crippen molar-refractivity contribution in [3.05, 3.63) is 11.9 Å². The second-order valence-electron chi connectivity index (χ2n) is 5.61. The van der Waals surface area contributed by atoms with E-state index in [9.17, 15) is 4.79 Å². The lowest BCUT2D eigenvalue weighted by molar-refractivity contribution is -0.135. The molecule has 0 bridgehead atoms. The molecule has 0 aromatic carbocycles. The van der Waals surface area contributed by atoms with Gasteiger partial charge in [0, 0.05) is 25.7 Å². The molecule has 0 atom stereocenters. The highest BCUT2D eigenvalue weighted by molar-refractivity contribution is 5.73. The number of hydrogen-bond donors (Lipinski definition) is 1. The van der Waals surface area contributed by atoms with Gasteiger partial charge in [0.2, 0.25) is 0 Å². The molecule has 6 nitrogen and oxygen atoms in total. The second-order valence-corrected chi connectivity index (χ2v) is 5.61. The summed E-state index contributed by atoms with van der Waals surface area (Å²) >= 11 is 0. The molecule has 0 aliphatic carbocycles. The van der Waals surface area contributed by atoms with Gasteiger partial charge in [-0.05, 0) is 27.7 Å². The van der Waals surface area contributed by atoms with Crippen molar-refractivity contribution in [1.82, 2.24) is 9.97 Å². The van der Waals surface area contributed by atoms with Crippen molar-refractivity contribution in [1.29, 1.82) is 0 Å². The van der Waals surface area contributed by atoms with Gasteiger partial charge >= 0.3 is 5.97 Å². The predicted molar refractivity (Wildman–Crippen MR) is 75.8 cm³/mol. The maximum absolute atomic E-state index is 10.8. The van der Waals surface area contributed by atoms with Crippen LogP contribution in [0.1, 0.15) is 26.6 Å². The van der Waals surface area contributed by atoms with E-state index in [-0.39, 0.29) is 12.1 Å². The Labute approximate surface area is 114 Å². The SMILES string of the molecule is Cc1nc(N(C)CC(=O)O)cc(N(C)C(C)(C)C)n1. The molecule has 1 aromatic rings. The average Bonchev–Trinajstić information content (AvgIpc) is 2.25. The summed E-state index contributed by atoms with van der Waals surface area (Å²) in [5.74, 6) is 1.14. The van der Waals surface area contributed by atoms with Crippen LogP contribution in [-0.4, -0.2) is 47.2 Å². The zero-order chi connectivity index (χ0) is 14.8. The van der Waals surface area contributed by atoms with E-state index in [1.807, 2.05) is 11.9 Å². The highest BCUT2D eigenvalue weighted by Crippen LogP contribution is 2.23. The Morgan fingerprint density at radius 3 is 2.26 bits per heavy atom. The third-order valence-corrected chi connectivity index (χ3v) is 2.92. The number of hydrogen-bond acceptors (Lipinski definition) is 5. The molecule has 1 heterocycles. The minimum absolute atomic E-state index is 0.0660. The van der Waals surface area contributed by atoms with E-state index in [1.54, 1.807) is 24.9 Å². The molecule has 0 radical (unpaired) electrons. The van der Waals surface area contributed by atoms with E-state index in [0.717, 1.165) is 5.82 Å². The molecule has 0 aliphatic rings. The molecule has 6 heteroatoms. The molecule has 1 N–H and O–H groups in total. The average molecular weight is 266 g/mol. The quantitative estimate of drug-likeness (QED) is 0.891. The van der Waals surface area contributed by atoms with Gasteiger partial charge in [0.1, 0.15) is 24.0 Å². The van der Waals surface area contributed by atoms with Gasteiger partial charge in [-0.15, -0.1) is 0 Å². The van der Waals surface area contributed by atoms with Gasteiger partial charge in [0.05, 0.1) is 0 Å². The summed E-state index contributed by atoms with van der Waals surface area (Å²) in [6.45, 7) is 7.98. The Kier molecular flexibility index (Phi) is 4.34. The normalized spacial score (nSPS) is 11.3. The van der Waals surface area contributed by atoms with E-state index in [2.05, 4.69) is 30.7 Å². The number of carbonyl (C=O) groups is 1. The highest BCUT2D eigenvalue weighted by Gasteiger charge is 2.20. The summed E-state index contributed by atoms with van der Waals surface area (Å²) in [5.41, 5.74) is -0.0660. The standard InChI is InChI=1S/C13H22N4O2/c1-9-14-10(16(5)8-12(18)19)7-11(15-9)17(6)13(2,3)4/h7H,8H2,1-6H3,(H,18,19). The lowest BCUT2D eigenvalue weighted by atomic mass is 10.1. The first kappa shape index (κ1) is 15.2. The summed E-state index contributed by atoms with van der Waals surface area (Å²) in [7, 11) is 3.67. The van der Waals surface area contributed by atoms with Crippen LogP contribution in [0.2, 0.25) is 0 Å². The van der Waals surface area contributed by atoms with Gasteiger partial charge in [-0.1, -0.05) is 0 Å². The minimum atomic E-state index is -0.885. The number of rotatable bonds is 4. The van der Waals surface area contributed by atoms with Crippen molar-refractivity contribution in [3.8, 4) is 0 Å². The number of carboxylic acid groups (broad SMARTS) is 1. The Morgan fingerprint density at radius 1 is 1.26 bits per heavy atom. The number of carboxylic acids is 1. The number of aryl methyl sites for hydroxylation is 1. The number of aliphatic carboxylic acids is 1. The number of likely N-dealkylation sites (N-methyl/N-ethyl adjacent to an activating group) is 1. The molecule has 106 valence electrons. The van der Waals surface area contributed by atoms with Crippen LogP contribution < -0.4 is 9.80 Å². The first-order chi connectivity index (χ1) is 8.61. The van der Waals surface area contributed by atoms with Crippen LogP contribution in [0, 0.1) is 6.92 Å². The van der Waals surface area contributed by atoms with E-state index >= 15 is 0 Å². The number of anilines is 2. The van der Waals surface area contributed by atoms with Crippen molar-refractivity contribution in [2.45, 2.75) is 33.2 Å². The van der Waals surface area contributed by atoms with Crippen molar-refractivity contribution in [3.63, 3.8) is 0 Å². The van der Waals surface area contributed by atoms with Gasteiger partial charge in [-0.3, -0.25) is 4.79 Å². The minimum Gasteiger partial charge on any atom is -0.480 e. The molecular formula is C13H22N4O2. The molecule has 0 fully saturated rings. The fourth-order valence-electron chi connectivity index (χ4n) is 1.53. The largest absolute Gasteiger partial charge is 0.480 e. The monoisotopic (exact) mass is 266 g/mol. The lowest BCUT2D eigenvalue weighted by Crippen LogP contribution is -2.39. The molecule has 0 spiro atoms. The van der Waals surface area contributed by atoms with Gasteiger partial charge in [0.25, 0.3) is 0 Å². The molecule has 0 saturated carbocycles. The Morgan fingerprint density at radius 2 is 1.79 bits per heavy atom. The van der Waals surface area contributed by atoms with Crippen molar-refractivity contribution >= 4 is 17.6 Å². The van der Waals surface area contributed by atoms with Crippen LogP contribution in [0.5, 0.6) is 0 Å². The first-order valence-corrected chi connectivity index (χ1v) is 6.13. The zero-order valence-electron chi connectivity index (χ0n) is 12.4. The molecule has 0 aliphatic heterocycles. The van der Waals surface area contributed by atoms with Crippen LogP contribution in [0.15, 0.2) is 6.07 Å². The van der Waals surface area contributed by atoms with Gasteiger partial charge < -0.3 is 14.9 Å². The van der Waals surface area contributed by atoms with Crippen molar-refractivity contribution in [2.24, 2.45) is 0 Å². The van der Waals surface area contributed by atoms with Crippen LogP contribution in [0.3, 0.4) is 0 Å². The predicted octanol–water partition coefficient (Wildman–Crippen LogP) is 1.54. The third kappa shape index (κ3) is 4.08. The van der Waals surface area contributed by atoms with Crippen LogP contribution in [0.4, 0.5) is 11.6 Å². The Bertz CT molecular complexity index is 468. The molecular weight excluding hydrogens is 244 g/mol. The highest BCUT2D eigenvalue weighted by atomic mass is 16.4. The second kappa shape index (κ2) is 5.42. The van der Waals surface area contributed by atoms with E-state index in [1.165, 1.54) is 0 Å². The molecule has 0 unspecified atom stereocenters. The topological polar surface area (TPSA) is 69.6 Å². The Hall–Kier alpha value is -1.85. The van der Waals surface area contributed by atoms with E-state index in [4.69, 9.17) is 5.11 Å². The molecule has 0 saturated heterocycles. The molecule has 1 rings (SSSR count). The van der Waals surface area contributed by atoms with Gasteiger partial charge in [-0.2, -0.15) is 0 Å². The van der Waals surface area contributed by atoms with Crippen molar-refractivity contribution in [2.75, 3.05) is 30.4 Å². The smallest absolute Gasteiger partial charge is 0.323 e. The summed E-state index contributed by atoms with van der Waals surface area (Å²) in [4.78, 5) is 23.1. The maximum atomic E-state index is 10.8. The number of nitrogens with zero attached hydrogens (tertiary/aromatic N) is 4. The van der Waals surface area contributed by atoms with E-state index < -0.39 is 5.97 Å². The van der Waals surface area contributed by atoms with Crippen LogP contribution in [0.25, 0.3) is 0 Å². The molecule has 0 amide bonds. The van der Waals surface area contributed by atoms with Crippen LogP contribution >= 0.6 is 0 Å². The fraction of sp³-hybridized carbons (Fsp3) is 0.615. The summed E-state index contributed by atoms with van der Waals surface area (Å²) in [6.07, 6.45) is 0. The number of aromatic nitrogens is 2. The van der Waals surface area contributed by atoms with Gasteiger partial charge in [-0.25, -0.2) is 9.97 Å². The van der Waals surface area contributed by atoms with Crippen molar-refractivity contribution < 1.29 is 9.90 Å². The fourth-order valence-corrected chi connectivity index (χ4v) is 1.53. The summed E-state index contributed by atoms with van der Waals surface area (Å²) in [6, 6.07) is 1.81. The lowest BCUT2D eigenvalue weighted by Gasteiger charge is -2.33.